The Hall–Kier alpha value is -3.27. The molecule has 1 N–H and O–H groups in total. The summed E-state index contributed by atoms with van der Waals surface area (Å²) in [6.45, 7) is 9.18. The fourth-order valence-electron chi connectivity index (χ4n) is 4.31. The Morgan fingerprint density at radius 2 is 1.71 bits per heavy atom. The molecule has 0 amide bonds. The van der Waals surface area contributed by atoms with Crippen molar-refractivity contribution in [2.75, 3.05) is 7.11 Å². The van der Waals surface area contributed by atoms with Crippen LogP contribution in [0.2, 0.25) is 0 Å². The van der Waals surface area contributed by atoms with Gasteiger partial charge < -0.3 is 14.6 Å². The van der Waals surface area contributed by atoms with E-state index in [0.29, 0.717) is 6.61 Å². The van der Waals surface area contributed by atoms with Crippen molar-refractivity contribution in [3.8, 4) is 22.6 Å². The fourth-order valence-corrected chi connectivity index (χ4v) is 4.31. The molecule has 0 saturated carbocycles. The van der Waals surface area contributed by atoms with Crippen LogP contribution in [0, 0.1) is 0 Å². The second-order valence-electron chi connectivity index (χ2n) is 9.81. The standard InChI is InChI=1S/C30H36O4/c1-6-9-22(19-29(31)32)23-10-7-13-26(17-23)34-20-21-14-15-27(28(16-21)30(2,3)4)24-11-8-12-25(18-24)33-5/h7-8,10-18,22H,6,9,19-20H2,1-5H3,(H,31,32)/t22-/m0/s1. The Morgan fingerprint density at radius 3 is 2.38 bits per heavy atom. The van der Waals surface area contributed by atoms with E-state index < -0.39 is 5.97 Å². The van der Waals surface area contributed by atoms with Gasteiger partial charge in [0.2, 0.25) is 0 Å². The van der Waals surface area contributed by atoms with Gasteiger partial charge >= 0.3 is 5.97 Å². The first-order valence-corrected chi connectivity index (χ1v) is 11.9. The third kappa shape index (κ3) is 6.63. The first kappa shape index (κ1) is 25.4. The van der Waals surface area contributed by atoms with Gasteiger partial charge in [-0.3, -0.25) is 4.79 Å². The highest BCUT2D eigenvalue weighted by Gasteiger charge is 2.20. The van der Waals surface area contributed by atoms with E-state index in [1.165, 1.54) is 11.1 Å². The maximum atomic E-state index is 11.3. The van der Waals surface area contributed by atoms with Gasteiger partial charge in [0.1, 0.15) is 18.1 Å². The van der Waals surface area contributed by atoms with Gasteiger partial charge in [-0.2, -0.15) is 0 Å². The van der Waals surface area contributed by atoms with Crippen molar-refractivity contribution in [1.29, 1.82) is 0 Å². The molecule has 0 fully saturated rings. The quantitative estimate of drug-likeness (QED) is 0.338. The Balaban J connectivity index is 1.83. The number of carboxylic acid groups (broad SMARTS) is 1. The molecule has 0 heterocycles. The van der Waals surface area contributed by atoms with Crippen molar-refractivity contribution in [2.45, 2.75) is 64.9 Å². The zero-order valence-corrected chi connectivity index (χ0v) is 20.9. The van der Waals surface area contributed by atoms with Crippen molar-refractivity contribution in [3.63, 3.8) is 0 Å². The third-order valence-electron chi connectivity index (χ3n) is 6.07. The minimum atomic E-state index is -0.768. The van der Waals surface area contributed by atoms with Crippen molar-refractivity contribution in [2.24, 2.45) is 0 Å². The summed E-state index contributed by atoms with van der Waals surface area (Å²) < 4.78 is 11.6. The van der Waals surface area contributed by atoms with Gasteiger partial charge in [-0.05, 0) is 69.8 Å². The monoisotopic (exact) mass is 460 g/mol. The maximum absolute atomic E-state index is 11.3. The first-order valence-electron chi connectivity index (χ1n) is 11.9. The van der Waals surface area contributed by atoms with Crippen LogP contribution in [-0.2, 0) is 16.8 Å². The zero-order chi connectivity index (χ0) is 24.7. The van der Waals surface area contributed by atoms with E-state index in [9.17, 15) is 9.90 Å². The largest absolute Gasteiger partial charge is 0.497 e. The fraction of sp³-hybridized carbons (Fsp3) is 0.367. The summed E-state index contributed by atoms with van der Waals surface area (Å²) in [5, 5.41) is 9.28. The van der Waals surface area contributed by atoms with Gasteiger partial charge in [0.15, 0.2) is 0 Å². The average molecular weight is 461 g/mol. The maximum Gasteiger partial charge on any atom is 0.303 e. The van der Waals surface area contributed by atoms with Gasteiger partial charge in [0.25, 0.3) is 0 Å². The highest BCUT2D eigenvalue weighted by atomic mass is 16.5. The Bertz CT molecular complexity index is 1110. The predicted molar refractivity (Wildman–Crippen MR) is 138 cm³/mol. The topological polar surface area (TPSA) is 55.8 Å². The van der Waals surface area contributed by atoms with Crippen LogP contribution in [0.4, 0.5) is 0 Å². The number of benzene rings is 3. The van der Waals surface area contributed by atoms with Crippen molar-refractivity contribution < 1.29 is 19.4 Å². The molecular formula is C30H36O4. The number of rotatable bonds is 10. The molecule has 3 rings (SSSR count). The van der Waals surface area contributed by atoms with Gasteiger partial charge in [0, 0.05) is 0 Å². The molecule has 0 aliphatic rings. The van der Waals surface area contributed by atoms with Crippen LogP contribution in [0.25, 0.3) is 11.1 Å². The van der Waals surface area contributed by atoms with Crippen LogP contribution in [0.15, 0.2) is 66.7 Å². The number of hydrogen-bond acceptors (Lipinski definition) is 3. The van der Waals surface area contributed by atoms with E-state index in [4.69, 9.17) is 9.47 Å². The minimum Gasteiger partial charge on any atom is -0.497 e. The first-order chi connectivity index (χ1) is 16.2. The van der Waals surface area contributed by atoms with Crippen LogP contribution in [0.1, 0.15) is 69.6 Å². The summed E-state index contributed by atoms with van der Waals surface area (Å²) in [7, 11) is 1.69. The van der Waals surface area contributed by atoms with Gasteiger partial charge in [-0.25, -0.2) is 0 Å². The van der Waals surface area contributed by atoms with E-state index in [1.807, 2.05) is 36.4 Å². The van der Waals surface area contributed by atoms with E-state index >= 15 is 0 Å². The molecule has 0 spiro atoms. The zero-order valence-electron chi connectivity index (χ0n) is 20.9. The lowest BCUT2D eigenvalue weighted by Gasteiger charge is -2.24. The van der Waals surface area contributed by atoms with Crippen molar-refractivity contribution >= 4 is 5.97 Å². The summed E-state index contributed by atoms with van der Waals surface area (Å²) in [6, 6.07) is 22.5. The lowest BCUT2D eigenvalue weighted by Crippen LogP contribution is -2.14. The number of hydrogen-bond donors (Lipinski definition) is 1. The van der Waals surface area contributed by atoms with Gasteiger partial charge in [-0.1, -0.05) is 76.6 Å². The molecule has 180 valence electrons. The van der Waals surface area contributed by atoms with E-state index in [0.717, 1.165) is 41.0 Å². The molecule has 1 atom stereocenters. The number of carbonyl (C=O) groups is 1. The molecule has 4 nitrogen and oxygen atoms in total. The molecule has 4 heteroatoms. The molecule has 0 bridgehead atoms. The summed E-state index contributed by atoms with van der Waals surface area (Å²) >= 11 is 0. The second-order valence-corrected chi connectivity index (χ2v) is 9.81. The van der Waals surface area contributed by atoms with Crippen LogP contribution in [-0.4, -0.2) is 18.2 Å². The normalized spacial score (nSPS) is 12.3. The smallest absolute Gasteiger partial charge is 0.303 e. The molecular weight excluding hydrogens is 424 g/mol. The molecule has 3 aromatic rings. The molecule has 0 aliphatic heterocycles. The number of methoxy groups -OCH3 is 1. The van der Waals surface area contributed by atoms with E-state index in [2.05, 4.69) is 58.0 Å². The number of aliphatic carboxylic acids is 1. The lowest BCUT2D eigenvalue weighted by atomic mass is 9.81. The average Bonchev–Trinajstić information content (AvgIpc) is 2.82. The van der Waals surface area contributed by atoms with E-state index in [1.54, 1.807) is 7.11 Å². The van der Waals surface area contributed by atoms with Gasteiger partial charge in [-0.15, -0.1) is 0 Å². The minimum absolute atomic E-state index is 0.000639. The predicted octanol–water partition coefficient (Wildman–Crippen LogP) is 7.60. The second kappa shape index (κ2) is 11.2. The van der Waals surface area contributed by atoms with Crippen LogP contribution in [0.5, 0.6) is 11.5 Å². The SMILES string of the molecule is CCC[C@@H](CC(=O)O)c1cccc(OCc2ccc(-c3cccc(OC)c3)c(C(C)(C)C)c2)c1. The molecule has 0 unspecified atom stereocenters. The van der Waals surface area contributed by atoms with E-state index in [-0.39, 0.29) is 17.8 Å². The summed E-state index contributed by atoms with van der Waals surface area (Å²) in [6.07, 6.45) is 1.92. The molecule has 3 aromatic carbocycles. The van der Waals surface area contributed by atoms with Crippen LogP contribution >= 0.6 is 0 Å². The molecule has 0 radical (unpaired) electrons. The molecule has 34 heavy (non-hydrogen) atoms. The lowest BCUT2D eigenvalue weighted by molar-refractivity contribution is -0.137. The highest BCUT2D eigenvalue weighted by molar-refractivity contribution is 5.70. The Kier molecular flexibility index (Phi) is 8.38. The summed E-state index contributed by atoms with van der Waals surface area (Å²) in [5.41, 5.74) is 5.64. The van der Waals surface area contributed by atoms with Crippen LogP contribution < -0.4 is 9.47 Å². The molecule has 0 aliphatic carbocycles. The number of carboxylic acids is 1. The molecule has 0 aromatic heterocycles. The highest BCUT2D eigenvalue weighted by Crippen LogP contribution is 2.35. The Morgan fingerprint density at radius 1 is 0.971 bits per heavy atom. The summed E-state index contributed by atoms with van der Waals surface area (Å²) in [5.74, 6) is 0.836. The third-order valence-corrected chi connectivity index (χ3v) is 6.07. The Labute approximate surface area is 203 Å². The van der Waals surface area contributed by atoms with Gasteiger partial charge in [0.05, 0.1) is 13.5 Å². The molecule has 0 saturated heterocycles. The number of ether oxygens (including phenoxy) is 2. The van der Waals surface area contributed by atoms with Crippen molar-refractivity contribution in [1.82, 2.24) is 0 Å². The summed E-state index contributed by atoms with van der Waals surface area (Å²) in [4.78, 5) is 11.3. The van der Waals surface area contributed by atoms with Crippen molar-refractivity contribution in [3.05, 3.63) is 83.4 Å². The van der Waals surface area contributed by atoms with Crippen LogP contribution in [0.3, 0.4) is 0 Å².